The van der Waals surface area contributed by atoms with E-state index in [-0.39, 0.29) is 61.8 Å². The van der Waals surface area contributed by atoms with Crippen molar-refractivity contribution >= 4 is 40.0 Å². The van der Waals surface area contributed by atoms with E-state index >= 15 is 0 Å². The summed E-state index contributed by atoms with van der Waals surface area (Å²) in [6, 6.07) is 5.95. The number of guanidine groups is 1. The van der Waals surface area contributed by atoms with Crippen molar-refractivity contribution in [1.82, 2.24) is 14.9 Å². The molecule has 12 heteroatoms. The average molecular weight is 538 g/mol. The lowest BCUT2D eigenvalue weighted by Crippen LogP contribution is -2.51. The van der Waals surface area contributed by atoms with Gasteiger partial charge in [0, 0.05) is 32.7 Å². The monoisotopic (exact) mass is 538 g/mol. The molecule has 160 valence electrons. The lowest BCUT2D eigenvalue weighted by molar-refractivity contribution is -0.0494. The van der Waals surface area contributed by atoms with Crippen LogP contribution in [0.15, 0.2) is 29.3 Å². The highest BCUT2D eigenvalue weighted by atomic mass is 127. The molecule has 1 saturated heterocycles. The number of piperidine rings is 1. The quantitative estimate of drug-likeness (QED) is 0.262. The maximum Gasteiger partial charge on any atom is 0.511 e. The highest BCUT2D eigenvalue weighted by Gasteiger charge is 2.50. The van der Waals surface area contributed by atoms with Gasteiger partial charge >= 0.3 is 15.5 Å². The van der Waals surface area contributed by atoms with Gasteiger partial charge in [-0.2, -0.15) is 17.5 Å². The molecule has 1 aromatic rings. The van der Waals surface area contributed by atoms with Crippen LogP contribution >= 0.6 is 24.0 Å². The van der Waals surface area contributed by atoms with Gasteiger partial charge in [-0.05, 0) is 37.0 Å². The van der Waals surface area contributed by atoms with Gasteiger partial charge in [0.2, 0.25) is 0 Å². The van der Waals surface area contributed by atoms with Gasteiger partial charge in [-0.3, -0.25) is 4.99 Å². The van der Waals surface area contributed by atoms with Crippen LogP contribution in [-0.2, 0) is 16.4 Å². The predicted octanol–water partition coefficient (Wildman–Crippen LogP) is 2.47. The fraction of sp³-hybridized carbons (Fsp3) is 0.562. The number of hydrogen-bond donors (Lipinski definition) is 2. The van der Waals surface area contributed by atoms with Gasteiger partial charge in [0.1, 0.15) is 5.82 Å². The van der Waals surface area contributed by atoms with Gasteiger partial charge in [0.05, 0.1) is 0 Å². The zero-order chi connectivity index (χ0) is 20.1. The summed E-state index contributed by atoms with van der Waals surface area (Å²) in [5.41, 5.74) is -4.32. The zero-order valence-electron chi connectivity index (χ0n) is 15.2. The zero-order valence-corrected chi connectivity index (χ0v) is 18.3. The molecule has 2 rings (SSSR count). The van der Waals surface area contributed by atoms with E-state index in [1.165, 1.54) is 12.1 Å². The molecular weight excluding hydrogens is 515 g/mol. The fourth-order valence-corrected chi connectivity index (χ4v) is 3.74. The van der Waals surface area contributed by atoms with E-state index in [9.17, 15) is 26.0 Å². The minimum Gasteiger partial charge on any atom is -0.356 e. The number of nitrogens with zero attached hydrogens (tertiary/aromatic N) is 2. The third-order valence-corrected chi connectivity index (χ3v) is 5.90. The molecule has 1 aromatic carbocycles. The fourth-order valence-electron chi connectivity index (χ4n) is 2.75. The molecule has 0 atom stereocenters. The average Bonchev–Trinajstić information content (AvgIpc) is 2.62. The summed E-state index contributed by atoms with van der Waals surface area (Å²) in [6.45, 7) is 0.130. The SMILES string of the molecule is CN=C(NCCc1ccc(F)cc1)NC1CCN(S(=O)(=O)C(F)(F)F)CC1.I. The first-order valence-corrected chi connectivity index (χ1v) is 9.85. The molecule has 0 aliphatic carbocycles. The molecule has 28 heavy (non-hydrogen) atoms. The first-order valence-electron chi connectivity index (χ1n) is 8.41. The van der Waals surface area contributed by atoms with E-state index in [1.807, 2.05) is 0 Å². The predicted molar refractivity (Wildman–Crippen MR) is 110 cm³/mol. The summed E-state index contributed by atoms with van der Waals surface area (Å²) in [6.07, 6.45) is 1.13. The molecule has 1 heterocycles. The van der Waals surface area contributed by atoms with Crippen LogP contribution < -0.4 is 10.6 Å². The van der Waals surface area contributed by atoms with Crippen LogP contribution in [0.2, 0.25) is 0 Å². The van der Waals surface area contributed by atoms with Crippen molar-refractivity contribution in [2.45, 2.75) is 30.8 Å². The molecular formula is C16H23F4IN4O2S. The molecule has 2 N–H and O–H groups in total. The van der Waals surface area contributed by atoms with Crippen LogP contribution in [0.3, 0.4) is 0 Å². The Morgan fingerprint density at radius 1 is 1.21 bits per heavy atom. The largest absolute Gasteiger partial charge is 0.511 e. The number of aliphatic imine (C=N–C) groups is 1. The standard InChI is InChI=1S/C16H22F4N4O2S.HI/c1-21-15(22-9-6-12-2-4-13(17)5-3-12)23-14-7-10-24(11-8-14)27(25,26)16(18,19)20;/h2-5,14H,6-11H2,1H3,(H2,21,22,23);1H. The highest BCUT2D eigenvalue weighted by molar-refractivity contribution is 14.0. The van der Waals surface area contributed by atoms with E-state index in [1.54, 1.807) is 19.2 Å². The molecule has 1 fully saturated rings. The van der Waals surface area contributed by atoms with Crippen LogP contribution in [0.25, 0.3) is 0 Å². The molecule has 0 spiro atoms. The second-order valence-corrected chi connectivity index (χ2v) is 8.07. The normalized spacial score (nSPS) is 17.1. The van der Waals surface area contributed by atoms with Crippen molar-refractivity contribution in [2.75, 3.05) is 26.7 Å². The molecule has 1 aliphatic heterocycles. The number of benzene rings is 1. The Morgan fingerprint density at radius 2 is 1.79 bits per heavy atom. The van der Waals surface area contributed by atoms with Gasteiger partial charge in [-0.1, -0.05) is 12.1 Å². The summed E-state index contributed by atoms with van der Waals surface area (Å²) < 4.78 is 73.9. The Hall–Kier alpha value is -1.15. The van der Waals surface area contributed by atoms with Crippen molar-refractivity contribution in [2.24, 2.45) is 4.99 Å². The maximum atomic E-state index is 12.9. The molecule has 0 amide bonds. The van der Waals surface area contributed by atoms with E-state index in [0.717, 1.165) is 5.56 Å². The second-order valence-electron chi connectivity index (χ2n) is 6.14. The molecule has 0 unspecified atom stereocenters. The van der Waals surface area contributed by atoms with Crippen LogP contribution in [0, 0.1) is 5.82 Å². The number of rotatable bonds is 5. The van der Waals surface area contributed by atoms with Gasteiger partial charge < -0.3 is 10.6 Å². The third kappa shape index (κ3) is 6.72. The highest BCUT2D eigenvalue weighted by Crippen LogP contribution is 2.28. The second kappa shape index (κ2) is 10.6. The Morgan fingerprint density at radius 3 is 2.29 bits per heavy atom. The van der Waals surface area contributed by atoms with Crippen LogP contribution in [0.4, 0.5) is 17.6 Å². The van der Waals surface area contributed by atoms with Crippen LogP contribution in [-0.4, -0.2) is 56.9 Å². The third-order valence-electron chi connectivity index (χ3n) is 4.27. The maximum absolute atomic E-state index is 12.9. The van der Waals surface area contributed by atoms with Gasteiger partial charge in [0.15, 0.2) is 5.96 Å². The summed E-state index contributed by atoms with van der Waals surface area (Å²) in [5, 5.41) is 6.17. The van der Waals surface area contributed by atoms with E-state index < -0.39 is 15.5 Å². The first-order chi connectivity index (χ1) is 12.6. The van der Waals surface area contributed by atoms with Crippen molar-refractivity contribution in [1.29, 1.82) is 0 Å². The lowest BCUT2D eigenvalue weighted by atomic mass is 10.1. The van der Waals surface area contributed by atoms with Crippen molar-refractivity contribution in [3.8, 4) is 0 Å². The van der Waals surface area contributed by atoms with Gasteiger partial charge in [0.25, 0.3) is 0 Å². The van der Waals surface area contributed by atoms with E-state index in [4.69, 9.17) is 0 Å². The van der Waals surface area contributed by atoms with Gasteiger partial charge in [-0.15, -0.1) is 24.0 Å². The van der Waals surface area contributed by atoms with E-state index in [2.05, 4.69) is 15.6 Å². The molecule has 0 bridgehead atoms. The first kappa shape index (κ1) is 24.9. The van der Waals surface area contributed by atoms with Crippen molar-refractivity contribution in [3.05, 3.63) is 35.6 Å². The molecule has 1 aliphatic rings. The van der Waals surface area contributed by atoms with Crippen LogP contribution in [0.1, 0.15) is 18.4 Å². The summed E-state index contributed by atoms with van der Waals surface area (Å²) in [4.78, 5) is 4.06. The molecule has 6 nitrogen and oxygen atoms in total. The van der Waals surface area contributed by atoms with Crippen molar-refractivity contribution < 1.29 is 26.0 Å². The minimum atomic E-state index is -5.27. The Kier molecular flexibility index (Phi) is 9.40. The van der Waals surface area contributed by atoms with Crippen molar-refractivity contribution in [3.63, 3.8) is 0 Å². The Bertz CT molecular complexity index is 749. The number of sulfonamides is 1. The van der Waals surface area contributed by atoms with E-state index in [0.29, 0.717) is 23.2 Å². The number of hydrogen-bond acceptors (Lipinski definition) is 3. The minimum absolute atomic E-state index is 0. The topological polar surface area (TPSA) is 73.8 Å². The molecule has 0 saturated carbocycles. The number of alkyl halides is 3. The molecule has 0 radical (unpaired) electrons. The molecule has 0 aromatic heterocycles. The summed E-state index contributed by atoms with van der Waals surface area (Å²) in [7, 11) is -3.71. The van der Waals surface area contributed by atoms with Crippen LogP contribution in [0.5, 0.6) is 0 Å². The summed E-state index contributed by atoms with van der Waals surface area (Å²) in [5.74, 6) is 0.178. The Labute approximate surface area is 178 Å². The van der Waals surface area contributed by atoms with Gasteiger partial charge in [-0.25, -0.2) is 12.8 Å². The summed E-state index contributed by atoms with van der Waals surface area (Å²) >= 11 is 0. The number of halogens is 5. The lowest BCUT2D eigenvalue weighted by Gasteiger charge is -2.32. The smallest absolute Gasteiger partial charge is 0.356 e. The number of nitrogens with one attached hydrogen (secondary N) is 2. The Balaban J connectivity index is 0.00000392.